The third kappa shape index (κ3) is 2.37. The molecular weight excluding hydrogens is 250 g/mol. The first-order valence-electron chi connectivity index (χ1n) is 6.89. The maximum absolute atomic E-state index is 5.57. The molecule has 0 saturated heterocycles. The van der Waals surface area contributed by atoms with Gasteiger partial charge in [-0.3, -0.25) is 0 Å². The number of nitrogens with one attached hydrogen (secondary N) is 1. The molecule has 1 N–H and O–H groups in total. The van der Waals surface area contributed by atoms with Crippen LogP contribution in [0.4, 0.5) is 0 Å². The quantitative estimate of drug-likeness (QED) is 0.925. The zero-order valence-corrected chi connectivity index (χ0v) is 11.9. The van der Waals surface area contributed by atoms with Crippen molar-refractivity contribution >= 4 is 0 Å². The molecule has 1 aliphatic heterocycles. The summed E-state index contributed by atoms with van der Waals surface area (Å²) in [5.41, 5.74) is 5.02. The van der Waals surface area contributed by atoms with Gasteiger partial charge < -0.3 is 14.8 Å². The summed E-state index contributed by atoms with van der Waals surface area (Å²) in [5.74, 6) is 1.92. The summed E-state index contributed by atoms with van der Waals surface area (Å²) < 4.78 is 10.9. The van der Waals surface area contributed by atoms with Crippen molar-refractivity contribution in [1.29, 1.82) is 0 Å². The van der Waals surface area contributed by atoms with Crippen molar-refractivity contribution in [3.8, 4) is 22.6 Å². The number of hydrogen-bond donors (Lipinski definition) is 1. The van der Waals surface area contributed by atoms with E-state index >= 15 is 0 Å². The number of methoxy groups -OCH3 is 1. The molecule has 3 rings (SSSR count). The molecule has 0 spiro atoms. The summed E-state index contributed by atoms with van der Waals surface area (Å²) >= 11 is 0. The van der Waals surface area contributed by atoms with Gasteiger partial charge in [-0.2, -0.15) is 0 Å². The second kappa shape index (κ2) is 5.55. The molecule has 0 amide bonds. The highest BCUT2D eigenvalue weighted by atomic mass is 16.5. The first-order chi connectivity index (χ1) is 9.81. The Morgan fingerprint density at radius 3 is 2.90 bits per heavy atom. The minimum atomic E-state index is 0.796. The molecule has 0 radical (unpaired) electrons. The van der Waals surface area contributed by atoms with E-state index < -0.39 is 0 Å². The van der Waals surface area contributed by atoms with E-state index in [1.54, 1.807) is 7.11 Å². The molecule has 2 aromatic rings. The molecule has 1 aliphatic rings. The second-order valence-corrected chi connectivity index (χ2v) is 4.97. The number of hydrogen-bond acceptors (Lipinski definition) is 3. The molecule has 0 fully saturated rings. The average Bonchev–Trinajstić information content (AvgIpc) is 2.95. The Balaban J connectivity index is 2.04. The largest absolute Gasteiger partial charge is 0.497 e. The molecule has 3 heteroatoms. The molecule has 20 heavy (non-hydrogen) atoms. The molecule has 0 atom stereocenters. The monoisotopic (exact) mass is 269 g/mol. The van der Waals surface area contributed by atoms with Crippen LogP contribution < -0.4 is 14.8 Å². The summed E-state index contributed by atoms with van der Waals surface area (Å²) in [4.78, 5) is 0. The number of ether oxygens (including phenoxy) is 2. The summed E-state index contributed by atoms with van der Waals surface area (Å²) in [5, 5.41) is 3.22. The highest BCUT2D eigenvalue weighted by Crippen LogP contribution is 2.33. The Kier molecular flexibility index (Phi) is 3.61. The summed E-state index contributed by atoms with van der Waals surface area (Å²) in [7, 11) is 3.66. The predicted molar refractivity (Wildman–Crippen MR) is 80.4 cm³/mol. The SMILES string of the molecule is CNCc1cc(OC)ccc1-c1ccc2c(c1)CCO2. The molecular formula is C17H19NO2. The van der Waals surface area contributed by atoms with Gasteiger partial charge in [0.2, 0.25) is 0 Å². The van der Waals surface area contributed by atoms with E-state index in [0.717, 1.165) is 31.1 Å². The fourth-order valence-electron chi connectivity index (χ4n) is 2.67. The van der Waals surface area contributed by atoms with E-state index in [0.29, 0.717) is 0 Å². The molecule has 1 heterocycles. The standard InChI is InChI=1S/C17H19NO2/c1-18-11-14-10-15(19-2)4-5-16(14)12-3-6-17-13(9-12)7-8-20-17/h3-6,9-10,18H,7-8,11H2,1-2H3. The predicted octanol–water partition coefficient (Wildman–Crippen LogP) is 3.02. The van der Waals surface area contributed by atoms with Crippen LogP contribution in [0, 0.1) is 0 Å². The summed E-state index contributed by atoms with van der Waals surface area (Å²) in [6.45, 7) is 1.62. The van der Waals surface area contributed by atoms with Crippen molar-refractivity contribution in [3.05, 3.63) is 47.5 Å². The lowest BCUT2D eigenvalue weighted by atomic mass is 9.97. The van der Waals surface area contributed by atoms with Gasteiger partial charge in [-0.15, -0.1) is 0 Å². The molecule has 0 bridgehead atoms. The molecule has 2 aromatic carbocycles. The topological polar surface area (TPSA) is 30.5 Å². The van der Waals surface area contributed by atoms with Crippen LogP contribution in [-0.2, 0) is 13.0 Å². The van der Waals surface area contributed by atoms with Gasteiger partial charge in [0, 0.05) is 13.0 Å². The summed E-state index contributed by atoms with van der Waals surface area (Å²) in [6.07, 6.45) is 1.00. The zero-order valence-electron chi connectivity index (χ0n) is 11.9. The first-order valence-corrected chi connectivity index (χ1v) is 6.89. The van der Waals surface area contributed by atoms with E-state index in [1.165, 1.54) is 22.3 Å². The smallest absolute Gasteiger partial charge is 0.122 e. The fraction of sp³-hybridized carbons (Fsp3) is 0.294. The summed E-state index contributed by atoms with van der Waals surface area (Å²) in [6, 6.07) is 12.7. The highest BCUT2D eigenvalue weighted by molar-refractivity contribution is 5.70. The van der Waals surface area contributed by atoms with Crippen molar-refractivity contribution in [2.75, 3.05) is 20.8 Å². The third-order valence-corrected chi connectivity index (χ3v) is 3.68. The Morgan fingerprint density at radius 1 is 1.20 bits per heavy atom. The van der Waals surface area contributed by atoms with Crippen LogP contribution in [0.15, 0.2) is 36.4 Å². The Hall–Kier alpha value is -2.00. The van der Waals surface area contributed by atoms with Crippen molar-refractivity contribution in [2.45, 2.75) is 13.0 Å². The minimum Gasteiger partial charge on any atom is -0.497 e. The second-order valence-electron chi connectivity index (χ2n) is 4.97. The van der Waals surface area contributed by atoms with E-state index in [4.69, 9.17) is 9.47 Å². The van der Waals surface area contributed by atoms with Crippen LogP contribution in [-0.4, -0.2) is 20.8 Å². The number of fused-ring (bicyclic) bond motifs is 1. The van der Waals surface area contributed by atoms with Gasteiger partial charge in [-0.05, 0) is 53.6 Å². The van der Waals surface area contributed by atoms with Gasteiger partial charge in [0.25, 0.3) is 0 Å². The maximum Gasteiger partial charge on any atom is 0.122 e. The Bertz CT molecular complexity index is 622. The minimum absolute atomic E-state index is 0.796. The fourth-order valence-corrected chi connectivity index (χ4v) is 2.67. The Labute approximate surface area is 119 Å². The van der Waals surface area contributed by atoms with Gasteiger partial charge in [0.05, 0.1) is 13.7 Å². The van der Waals surface area contributed by atoms with Gasteiger partial charge >= 0.3 is 0 Å². The van der Waals surface area contributed by atoms with Crippen molar-refractivity contribution in [1.82, 2.24) is 5.32 Å². The van der Waals surface area contributed by atoms with Crippen molar-refractivity contribution < 1.29 is 9.47 Å². The number of rotatable bonds is 4. The third-order valence-electron chi connectivity index (χ3n) is 3.68. The number of benzene rings is 2. The lowest BCUT2D eigenvalue weighted by Gasteiger charge is -2.12. The lowest BCUT2D eigenvalue weighted by molar-refractivity contribution is 0.357. The first kappa shape index (κ1) is 13.0. The van der Waals surface area contributed by atoms with Crippen LogP contribution in [0.1, 0.15) is 11.1 Å². The van der Waals surface area contributed by atoms with Gasteiger partial charge in [-0.25, -0.2) is 0 Å². The molecule has 104 valence electrons. The van der Waals surface area contributed by atoms with Gasteiger partial charge in [0.15, 0.2) is 0 Å². The van der Waals surface area contributed by atoms with Crippen molar-refractivity contribution in [2.24, 2.45) is 0 Å². The van der Waals surface area contributed by atoms with Gasteiger partial charge in [-0.1, -0.05) is 12.1 Å². The highest BCUT2D eigenvalue weighted by Gasteiger charge is 2.14. The normalized spacial score (nSPS) is 12.9. The van der Waals surface area contributed by atoms with Crippen molar-refractivity contribution in [3.63, 3.8) is 0 Å². The average molecular weight is 269 g/mol. The zero-order chi connectivity index (χ0) is 13.9. The Morgan fingerprint density at radius 2 is 2.10 bits per heavy atom. The molecule has 0 aliphatic carbocycles. The van der Waals surface area contributed by atoms with E-state index in [2.05, 4.69) is 35.6 Å². The van der Waals surface area contributed by atoms with E-state index in [9.17, 15) is 0 Å². The molecule has 3 nitrogen and oxygen atoms in total. The maximum atomic E-state index is 5.57. The van der Waals surface area contributed by atoms with E-state index in [1.807, 2.05) is 13.1 Å². The van der Waals surface area contributed by atoms with Crippen LogP contribution in [0.5, 0.6) is 11.5 Å². The van der Waals surface area contributed by atoms with Crippen LogP contribution in [0.3, 0.4) is 0 Å². The van der Waals surface area contributed by atoms with Crippen LogP contribution >= 0.6 is 0 Å². The van der Waals surface area contributed by atoms with E-state index in [-0.39, 0.29) is 0 Å². The lowest BCUT2D eigenvalue weighted by Crippen LogP contribution is -2.06. The van der Waals surface area contributed by atoms with Crippen LogP contribution in [0.25, 0.3) is 11.1 Å². The van der Waals surface area contributed by atoms with Gasteiger partial charge in [0.1, 0.15) is 11.5 Å². The van der Waals surface area contributed by atoms with Crippen LogP contribution in [0.2, 0.25) is 0 Å². The molecule has 0 saturated carbocycles. The molecule has 0 aromatic heterocycles. The molecule has 0 unspecified atom stereocenters.